The van der Waals surface area contributed by atoms with E-state index in [2.05, 4.69) is 6.58 Å². The molecule has 0 atom stereocenters. The maximum absolute atomic E-state index is 12.7. The van der Waals surface area contributed by atoms with E-state index in [9.17, 15) is 4.79 Å². The number of methoxy groups -OCH3 is 2. The summed E-state index contributed by atoms with van der Waals surface area (Å²) in [7, 11) is 5.05. The van der Waals surface area contributed by atoms with Crippen LogP contribution in [0.4, 0.5) is 0 Å². The second-order valence-corrected chi connectivity index (χ2v) is 5.53. The Balaban J connectivity index is 2.14. The van der Waals surface area contributed by atoms with Crippen molar-refractivity contribution in [2.75, 3.05) is 21.3 Å². The Labute approximate surface area is 143 Å². The minimum Gasteiger partial charge on any atom is -0.497 e. The normalized spacial score (nSPS) is 10.1. The number of hydrogen-bond donors (Lipinski definition) is 0. The molecule has 0 N–H and O–H groups in total. The molecule has 0 spiro atoms. The Bertz CT molecular complexity index is 707. The van der Waals surface area contributed by atoms with Gasteiger partial charge in [0.05, 0.1) is 14.2 Å². The zero-order valence-electron chi connectivity index (χ0n) is 14.4. The molecule has 0 fully saturated rings. The second-order valence-electron chi connectivity index (χ2n) is 5.53. The minimum absolute atomic E-state index is 0.0289. The Morgan fingerprint density at radius 3 is 2.42 bits per heavy atom. The highest BCUT2D eigenvalue weighted by atomic mass is 16.5. The molecule has 1 amide bonds. The van der Waals surface area contributed by atoms with Crippen molar-refractivity contribution in [3.63, 3.8) is 0 Å². The molecule has 0 aliphatic heterocycles. The molecule has 0 aliphatic rings. The van der Waals surface area contributed by atoms with Gasteiger partial charge in [0.2, 0.25) is 0 Å². The predicted molar refractivity (Wildman–Crippen MR) is 95.7 cm³/mol. The monoisotopic (exact) mass is 325 g/mol. The molecule has 4 nitrogen and oxygen atoms in total. The number of benzene rings is 2. The lowest BCUT2D eigenvalue weighted by atomic mass is 10.1. The molecular weight excluding hydrogens is 302 g/mol. The third-order valence-electron chi connectivity index (χ3n) is 3.82. The SMILES string of the molecule is C=CCc1cc(C(=O)N(C)Cc2ccc(OC)cc2)ccc1OC. The molecule has 0 aromatic heterocycles. The van der Waals surface area contributed by atoms with Crippen LogP contribution in [0.2, 0.25) is 0 Å². The fourth-order valence-corrected chi connectivity index (χ4v) is 2.52. The maximum Gasteiger partial charge on any atom is 0.253 e. The van der Waals surface area contributed by atoms with Crippen molar-refractivity contribution in [1.29, 1.82) is 0 Å². The van der Waals surface area contributed by atoms with Gasteiger partial charge in [0.25, 0.3) is 5.91 Å². The Morgan fingerprint density at radius 1 is 1.12 bits per heavy atom. The summed E-state index contributed by atoms with van der Waals surface area (Å²) in [6, 6.07) is 13.2. The van der Waals surface area contributed by atoms with Crippen molar-refractivity contribution in [1.82, 2.24) is 4.90 Å². The number of nitrogens with zero attached hydrogens (tertiary/aromatic N) is 1. The smallest absolute Gasteiger partial charge is 0.253 e. The van der Waals surface area contributed by atoms with Gasteiger partial charge in [-0.3, -0.25) is 4.79 Å². The van der Waals surface area contributed by atoms with E-state index >= 15 is 0 Å². The first-order chi connectivity index (χ1) is 11.6. The lowest BCUT2D eigenvalue weighted by Gasteiger charge is -2.18. The lowest BCUT2D eigenvalue weighted by molar-refractivity contribution is 0.0785. The number of rotatable bonds is 7. The van der Waals surface area contributed by atoms with Gasteiger partial charge in [-0.2, -0.15) is 0 Å². The first kappa shape index (κ1) is 17.6. The van der Waals surface area contributed by atoms with Crippen LogP contribution in [0, 0.1) is 0 Å². The highest BCUT2D eigenvalue weighted by Gasteiger charge is 2.14. The van der Waals surface area contributed by atoms with Crippen LogP contribution in [0.5, 0.6) is 11.5 Å². The average Bonchev–Trinajstić information content (AvgIpc) is 2.62. The third-order valence-corrected chi connectivity index (χ3v) is 3.82. The van der Waals surface area contributed by atoms with Crippen molar-refractivity contribution in [2.45, 2.75) is 13.0 Å². The van der Waals surface area contributed by atoms with Crippen LogP contribution in [0.15, 0.2) is 55.1 Å². The van der Waals surface area contributed by atoms with Crippen molar-refractivity contribution in [2.24, 2.45) is 0 Å². The molecule has 0 bridgehead atoms. The quantitative estimate of drug-likeness (QED) is 0.729. The van der Waals surface area contributed by atoms with Crippen molar-refractivity contribution < 1.29 is 14.3 Å². The largest absolute Gasteiger partial charge is 0.497 e. The van der Waals surface area contributed by atoms with E-state index in [0.29, 0.717) is 18.5 Å². The molecule has 24 heavy (non-hydrogen) atoms. The van der Waals surface area contributed by atoms with Crippen molar-refractivity contribution in [3.05, 3.63) is 71.8 Å². The molecule has 0 aliphatic carbocycles. The van der Waals surface area contributed by atoms with Crippen LogP contribution in [0.25, 0.3) is 0 Å². The summed E-state index contributed by atoms with van der Waals surface area (Å²) in [4.78, 5) is 14.4. The molecular formula is C20H23NO3. The highest BCUT2D eigenvalue weighted by molar-refractivity contribution is 5.94. The number of carbonyl (C=O) groups excluding carboxylic acids is 1. The van der Waals surface area contributed by atoms with E-state index in [1.807, 2.05) is 36.4 Å². The highest BCUT2D eigenvalue weighted by Crippen LogP contribution is 2.22. The van der Waals surface area contributed by atoms with E-state index in [4.69, 9.17) is 9.47 Å². The molecule has 4 heteroatoms. The van der Waals surface area contributed by atoms with Gasteiger partial charge in [-0.1, -0.05) is 18.2 Å². The summed E-state index contributed by atoms with van der Waals surface area (Å²) in [6.45, 7) is 4.28. The van der Waals surface area contributed by atoms with Gasteiger partial charge < -0.3 is 14.4 Å². The molecule has 2 aromatic carbocycles. The van der Waals surface area contributed by atoms with Gasteiger partial charge in [-0.25, -0.2) is 0 Å². The first-order valence-electron chi connectivity index (χ1n) is 7.75. The number of hydrogen-bond acceptors (Lipinski definition) is 3. The minimum atomic E-state index is -0.0289. The van der Waals surface area contributed by atoms with Crippen LogP contribution in [-0.2, 0) is 13.0 Å². The first-order valence-corrected chi connectivity index (χ1v) is 7.75. The second kappa shape index (κ2) is 8.20. The topological polar surface area (TPSA) is 38.8 Å². The number of amides is 1. The maximum atomic E-state index is 12.7. The summed E-state index contributed by atoms with van der Waals surface area (Å²) < 4.78 is 10.5. The van der Waals surface area contributed by atoms with E-state index in [1.165, 1.54) is 0 Å². The molecule has 0 heterocycles. The molecule has 126 valence electrons. The Morgan fingerprint density at radius 2 is 1.83 bits per heavy atom. The van der Waals surface area contributed by atoms with E-state index < -0.39 is 0 Å². The Hall–Kier alpha value is -2.75. The van der Waals surface area contributed by atoms with Crippen molar-refractivity contribution >= 4 is 5.91 Å². The molecule has 0 radical (unpaired) electrons. The van der Waals surface area contributed by atoms with Crippen LogP contribution in [0.1, 0.15) is 21.5 Å². The van der Waals surface area contributed by atoms with Crippen LogP contribution in [-0.4, -0.2) is 32.1 Å². The third kappa shape index (κ3) is 4.16. The molecule has 0 saturated carbocycles. The lowest BCUT2D eigenvalue weighted by Crippen LogP contribution is -2.26. The van der Waals surface area contributed by atoms with Gasteiger partial charge in [-0.05, 0) is 47.9 Å². The fourth-order valence-electron chi connectivity index (χ4n) is 2.52. The molecule has 2 rings (SSSR count). The van der Waals surface area contributed by atoms with E-state index in [1.54, 1.807) is 38.3 Å². The van der Waals surface area contributed by atoms with Gasteiger partial charge >= 0.3 is 0 Å². The van der Waals surface area contributed by atoms with Crippen LogP contribution in [0.3, 0.4) is 0 Å². The fraction of sp³-hybridized carbons (Fsp3) is 0.250. The summed E-state index contributed by atoms with van der Waals surface area (Å²) >= 11 is 0. The van der Waals surface area contributed by atoms with Gasteiger partial charge in [0.1, 0.15) is 11.5 Å². The predicted octanol–water partition coefficient (Wildman–Crippen LogP) is 3.70. The van der Waals surface area contributed by atoms with Crippen molar-refractivity contribution in [3.8, 4) is 11.5 Å². The summed E-state index contributed by atoms with van der Waals surface area (Å²) in [5.74, 6) is 1.54. The standard InChI is InChI=1S/C20H23NO3/c1-5-6-16-13-17(9-12-19(16)24-4)20(22)21(2)14-15-7-10-18(23-3)11-8-15/h5,7-13H,1,6,14H2,2-4H3. The summed E-state index contributed by atoms with van der Waals surface area (Å²) in [5, 5.41) is 0. The number of allylic oxidation sites excluding steroid dienone is 1. The summed E-state index contributed by atoms with van der Waals surface area (Å²) in [6.07, 6.45) is 2.46. The zero-order chi connectivity index (χ0) is 17.5. The number of carbonyl (C=O) groups is 1. The van der Waals surface area contributed by atoms with E-state index in [-0.39, 0.29) is 5.91 Å². The zero-order valence-corrected chi connectivity index (χ0v) is 14.4. The Kier molecular flexibility index (Phi) is 6.01. The molecule has 0 unspecified atom stereocenters. The average molecular weight is 325 g/mol. The molecule has 2 aromatic rings. The van der Waals surface area contributed by atoms with Gasteiger partial charge in [0, 0.05) is 19.2 Å². The van der Waals surface area contributed by atoms with Gasteiger partial charge in [0.15, 0.2) is 0 Å². The summed E-state index contributed by atoms with van der Waals surface area (Å²) in [5.41, 5.74) is 2.64. The van der Waals surface area contributed by atoms with Crippen LogP contribution < -0.4 is 9.47 Å². The molecule has 0 saturated heterocycles. The van der Waals surface area contributed by atoms with Gasteiger partial charge in [-0.15, -0.1) is 6.58 Å². The van der Waals surface area contributed by atoms with Crippen LogP contribution >= 0.6 is 0 Å². The van der Waals surface area contributed by atoms with E-state index in [0.717, 1.165) is 22.6 Å². The number of ether oxygens (including phenoxy) is 2.